The lowest BCUT2D eigenvalue weighted by Gasteiger charge is -2.21. The molecule has 0 atom stereocenters. The number of fused-ring (bicyclic) bond motifs is 3. The first-order valence-electron chi connectivity index (χ1n) is 8.79. The summed E-state index contributed by atoms with van der Waals surface area (Å²) < 4.78 is 19.3. The van der Waals surface area contributed by atoms with Gasteiger partial charge in [-0.25, -0.2) is 14.4 Å². The number of carbonyl (C=O) groups excluding carboxylic acids is 1. The first-order chi connectivity index (χ1) is 13.7. The van der Waals surface area contributed by atoms with E-state index >= 15 is 0 Å². The number of aromatic nitrogens is 2. The van der Waals surface area contributed by atoms with Gasteiger partial charge in [0.2, 0.25) is 5.82 Å². The molecular formula is C22H14FN3O2. The molecule has 0 bridgehead atoms. The van der Waals surface area contributed by atoms with Crippen LogP contribution in [0.15, 0.2) is 72.8 Å². The highest BCUT2D eigenvalue weighted by Crippen LogP contribution is 2.38. The number of para-hydroxylation sites is 3. The fourth-order valence-corrected chi connectivity index (χ4v) is 3.22. The van der Waals surface area contributed by atoms with E-state index in [1.165, 1.54) is 17.0 Å². The third-order valence-corrected chi connectivity index (χ3v) is 4.60. The van der Waals surface area contributed by atoms with Gasteiger partial charge in [0.05, 0.1) is 23.1 Å². The summed E-state index contributed by atoms with van der Waals surface area (Å²) in [6.07, 6.45) is 0. The summed E-state index contributed by atoms with van der Waals surface area (Å²) in [7, 11) is 0. The number of hydrogen-bond acceptors (Lipinski definition) is 4. The second-order valence-electron chi connectivity index (χ2n) is 6.46. The number of amides is 1. The number of rotatable bonds is 2. The Morgan fingerprint density at radius 3 is 2.32 bits per heavy atom. The molecule has 6 heteroatoms. The summed E-state index contributed by atoms with van der Waals surface area (Å²) in [5, 5.41) is 0. The first-order valence-corrected chi connectivity index (χ1v) is 8.79. The fourth-order valence-electron chi connectivity index (χ4n) is 3.22. The SMILES string of the molecule is O=C1c2ccccc2Oc2nc3ccccc3nc2N1Cc1ccc(F)cc1. The Kier molecular flexibility index (Phi) is 3.76. The molecule has 0 saturated heterocycles. The van der Waals surface area contributed by atoms with Crippen molar-refractivity contribution in [2.24, 2.45) is 0 Å². The molecule has 2 heterocycles. The molecule has 5 rings (SSSR count). The maximum absolute atomic E-state index is 13.3. The monoisotopic (exact) mass is 371 g/mol. The number of carbonyl (C=O) groups is 1. The topological polar surface area (TPSA) is 55.3 Å². The van der Waals surface area contributed by atoms with E-state index in [-0.39, 0.29) is 24.1 Å². The van der Waals surface area contributed by atoms with Crippen LogP contribution in [-0.4, -0.2) is 15.9 Å². The van der Waals surface area contributed by atoms with E-state index in [1.807, 2.05) is 24.3 Å². The Balaban J connectivity index is 1.70. The molecule has 1 amide bonds. The molecule has 0 saturated carbocycles. The van der Waals surface area contributed by atoms with Crippen molar-refractivity contribution in [2.45, 2.75) is 6.54 Å². The van der Waals surface area contributed by atoms with Gasteiger partial charge in [0.25, 0.3) is 11.8 Å². The van der Waals surface area contributed by atoms with Crippen molar-refractivity contribution >= 4 is 22.8 Å². The van der Waals surface area contributed by atoms with Gasteiger partial charge in [-0.2, -0.15) is 0 Å². The molecule has 3 aromatic carbocycles. The smallest absolute Gasteiger partial charge is 0.264 e. The molecule has 0 radical (unpaired) electrons. The summed E-state index contributed by atoms with van der Waals surface area (Å²) in [6.45, 7) is 0.219. The second-order valence-corrected chi connectivity index (χ2v) is 6.46. The summed E-state index contributed by atoms with van der Waals surface area (Å²) in [4.78, 5) is 24.1. The molecule has 0 aliphatic carbocycles. The lowest BCUT2D eigenvalue weighted by atomic mass is 10.1. The van der Waals surface area contributed by atoms with Crippen LogP contribution in [0.3, 0.4) is 0 Å². The summed E-state index contributed by atoms with van der Waals surface area (Å²) in [6, 6.07) is 20.5. The minimum Gasteiger partial charge on any atom is -0.435 e. The van der Waals surface area contributed by atoms with Crippen molar-refractivity contribution in [3.8, 4) is 11.6 Å². The zero-order chi connectivity index (χ0) is 19.1. The number of halogens is 1. The first kappa shape index (κ1) is 16.4. The lowest BCUT2D eigenvalue weighted by Crippen LogP contribution is -2.30. The summed E-state index contributed by atoms with van der Waals surface area (Å²) >= 11 is 0. The van der Waals surface area contributed by atoms with Crippen molar-refractivity contribution in [3.05, 3.63) is 89.7 Å². The van der Waals surface area contributed by atoms with Gasteiger partial charge in [-0.05, 0) is 42.0 Å². The van der Waals surface area contributed by atoms with Crippen molar-refractivity contribution in [3.63, 3.8) is 0 Å². The van der Waals surface area contributed by atoms with Crippen molar-refractivity contribution in [2.75, 3.05) is 4.90 Å². The predicted octanol–water partition coefficient (Wildman–Crippen LogP) is 4.72. The van der Waals surface area contributed by atoms with Crippen molar-refractivity contribution in [1.29, 1.82) is 0 Å². The Labute approximate surface area is 160 Å². The molecule has 5 nitrogen and oxygen atoms in total. The van der Waals surface area contributed by atoms with E-state index in [4.69, 9.17) is 4.74 Å². The van der Waals surface area contributed by atoms with Crippen LogP contribution in [0.4, 0.5) is 10.2 Å². The van der Waals surface area contributed by atoms with Crippen LogP contribution >= 0.6 is 0 Å². The average molecular weight is 371 g/mol. The van der Waals surface area contributed by atoms with Crippen LogP contribution in [-0.2, 0) is 6.54 Å². The van der Waals surface area contributed by atoms with Gasteiger partial charge in [-0.3, -0.25) is 9.69 Å². The Bertz CT molecular complexity index is 1210. The van der Waals surface area contributed by atoms with Gasteiger partial charge in [0.1, 0.15) is 11.6 Å². The zero-order valence-corrected chi connectivity index (χ0v) is 14.7. The highest BCUT2D eigenvalue weighted by molar-refractivity contribution is 6.09. The number of ether oxygens (including phenoxy) is 1. The lowest BCUT2D eigenvalue weighted by molar-refractivity contribution is 0.0984. The van der Waals surface area contributed by atoms with Crippen LogP contribution in [0.25, 0.3) is 11.0 Å². The molecule has 136 valence electrons. The largest absolute Gasteiger partial charge is 0.435 e. The second kappa shape index (κ2) is 6.42. The Morgan fingerprint density at radius 2 is 1.54 bits per heavy atom. The van der Waals surface area contributed by atoms with Gasteiger partial charge < -0.3 is 4.74 Å². The maximum atomic E-state index is 13.3. The standard InChI is InChI=1S/C22H14FN3O2/c23-15-11-9-14(10-12-15)13-26-20-21(25-18-7-3-2-6-17(18)24-20)28-19-8-4-1-5-16(19)22(26)27/h1-12H,13H2. The fraction of sp³-hybridized carbons (Fsp3) is 0.0455. The number of anilines is 1. The average Bonchev–Trinajstić information content (AvgIpc) is 2.83. The highest BCUT2D eigenvalue weighted by Gasteiger charge is 2.30. The molecule has 4 aromatic rings. The van der Waals surface area contributed by atoms with Gasteiger partial charge >= 0.3 is 0 Å². The van der Waals surface area contributed by atoms with Crippen LogP contribution in [0.5, 0.6) is 11.6 Å². The van der Waals surface area contributed by atoms with Crippen LogP contribution in [0, 0.1) is 5.82 Å². The Hall–Kier alpha value is -3.80. The third kappa shape index (κ3) is 2.75. The van der Waals surface area contributed by atoms with E-state index in [9.17, 15) is 9.18 Å². The minimum atomic E-state index is -0.328. The van der Waals surface area contributed by atoms with E-state index in [2.05, 4.69) is 9.97 Å². The Morgan fingerprint density at radius 1 is 0.857 bits per heavy atom. The van der Waals surface area contributed by atoms with E-state index < -0.39 is 0 Å². The van der Waals surface area contributed by atoms with Gasteiger partial charge in [0, 0.05) is 0 Å². The third-order valence-electron chi connectivity index (χ3n) is 4.60. The van der Waals surface area contributed by atoms with Crippen LogP contribution in [0.1, 0.15) is 15.9 Å². The molecule has 28 heavy (non-hydrogen) atoms. The molecule has 0 N–H and O–H groups in total. The predicted molar refractivity (Wildman–Crippen MR) is 103 cm³/mol. The van der Waals surface area contributed by atoms with Crippen LogP contribution < -0.4 is 9.64 Å². The van der Waals surface area contributed by atoms with E-state index in [1.54, 1.807) is 36.4 Å². The molecule has 1 aliphatic heterocycles. The summed E-state index contributed by atoms with van der Waals surface area (Å²) in [5.74, 6) is 0.456. The molecule has 1 aliphatic rings. The molecular weight excluding hydrogens is 357 g/mol. The molecule has 0 spiro atoms. The van der Waals surface area contributed by atoms with Crippen molar-refractivity contribution in [1.82, 2.24) is 9.97 Å². The number of hydrogen-bond donors (Lipinski definition) is 0. The molecule has 0 fully saturated rings. The maximum Gasteiger partial charge on any atom is 0.264 e. The van der Waals surface area contributed by atoms with Crippen LogP contribution in [0.2, 0.25) is 0 Å². The number of nitrogens with zero attached hydrogens (tertiary/aromatic N) is 3. The van der Waals surface area contributed by atoms with Gasteiger partial charge in [-0.1, -0.05) is 36.4 Å². The minimum absolute atomic E-state index is 0.219. The normalized spacial score (nSPS) is 12.9. The quantitative estimate of drug-likeness (QED) is 0.512. The molecule has 0 unspecified atom stereocenters. The van der Waals surface area contributed by atoms with Gasteiger partial charge in [-0.15, -0.1) is 0 Å². The molecule has 1 aromatic heterocycles. The van der Waals surface area contributed by atoms with E-state index in [0.717, 1.165) is 5.56 Å². The van der Waals surface area contributed by atoms with Crippen molar-refractivity contribution < 1.29 is 13.9 Å². The highest BCUT2D eigenvalue weighted by atomic mass is 19.1. The number of benzene rings is 3. The summed E-state index contributed by atoms with van der Waals surface area (Å²) in [5.41, 5.74) is 2.53. The van der Waals surface area contributed by atoms with Gasteiger partial charge in [0.15, 0.2) is 0 Å². The zero-order valence-electron chi connectivity index (χ0n) is 14.7. The van der Waals surface area contributed by atoms with E-state index in [0.29, 0.717) is 28.2 Å².